The molecule has 1 unspecified atom stereocenters. The Balaban J connectivity index is 1.98. The van der Waals surface area contributed by atoms with Gasteiger partial charge in [-0.1, -0.05) is 30.3 Å². The monoisotopic (exact) mass is 349 g/mol. The van der Waals surface area contributed by atoms with E-state index in [1.165, 1.54) is 13.8 Å². The molecule has 1 saturated heterocycles. The highest BCUT2D eigenvalue weighted by atomic mass is 16.2. The van der Waals surface area contributed by atoms with Crippen LogP contribution in [-0.2, 0) is 15.3 Å². The predicted octanol–water partition coefficient (Wildman–Crippen LogP) is 2.16. The summed E-state index contributed by atoms with van der Waals surface area (Å²) >= 11 is 0. The van der Waals surface area contributed by atoms with E-state index in [1.54, 1.807) is 21.9 Å². The highest BCUT2D eigenvalue weighted by Gasteiger charge is 2.58. The highest BCUT2D eigenvalue weighted by Crippen LogP contribution is 2.49. The van der Waals surface area contributed by atoms with Crippen LogP contribution in [0.5, 0.6) is 0 Å². The standard InChI is InChI=1S/C20H19N3O3/c1-13(24)21-16-7-5-6-15(12-16)20-18-9-4-3-8-17(18)19(26)23(20)11-10-22(20)14(2)25/h3-9,12H,10-11H2,1-2H3,(H,21,24). The van der Waals surface area contributed by atoms with Crippen LogP contribution in [0.3, 0.4) is 0 Å². The Kier molecular flexibility index (Phi) is 3.57. The number of amides is 3. The molecule has 6 nitrogen and oxygen atoms in total. The van der Waals surface area contributed by atoms with Gasteiger partial charge in [0.1, 0.15) is 0 Å². The van der Waals surface area contributed by atoms with E-state index in [0.29, 0.717) is 24.3 Å². The van der Waals surface area contributed by atoms with Gasteiger partial charge in [0, 0.05) is 49.3 Å². The van der Waals surface area contributed by atoms with E-state index in [9.17, 15) is 14.4 Å². The van der Waals surface area contributed by atoms with Crippen LogP contribution in [-0.4, -0.2) is 40.6 Å². The van der Waals surface area contributed by atoms with Crippen molar-refractivity contribution in [3.05, 3.63) is 65.2 Å². The van der Waals surface area contributed by atoms with Gasteiger partial charge in [-0.25, -0.2) is 0 Å². The number of anilines is 1. The SMILES string of the molecule is CC(=O)Nc1cccc(C23c4ccccc4C(=O)N2CCN3C(C)=O)c1. The number of fused-ring (bicyclic) bond motifs is 3. The number of benzene rings is 2. The normalized spacial score (nSPS) is 20.8. The minimum absolute atomic E-state index is 0.0747. The van der Waals surface area contributed by atoms with Gasteiger partial charge in [0.15, 0.2) is 5.66 Å². The van der Waals surface area contributed by atoms with Gasteiger partial charge in [-0.3, -0.25) is 14.4 Å². The first kappa shape index (κ1) is 16.3. The molecular formula is C20H19N3O3. The number of hydrogen-bond donors (Lipinski definition) is 1. The second-order valence-electron chi connectivity index (χ2n) is 6.61. The zero-order valence-electron chi connectivity index (χ0n) is 14.7. The van der Waals surface area contributed by atoms with Crippen LogP contribution in [0, 0.1) is 0 Å². The molecule has 0 spiro atoms. The molecular weight excluding hydrogens is 330 g/mol. The van der Waals surface area contributed by atoms with E-state index in [-0.39, 0.29) is 17.7 Å². The summed E-state index contributed by atoms with van der Waals surface area (Å²) in [7, 11) is 0. The number of hydrogen-bond acceptors (Lipinski definition) is 3. The maximum atomic E-state index is 13.0. The van der Waals surface area contributed by atoms with Gasteiger partial charge in [0.2, 0.25) is 11.8 Å². The van der Waals surface area contributed by atoms with E-state index in [4.69, 9.17) is 0 Å². The van der Waals surface area contributed by atoms with Gasteiger partial charge < -0.3 is 15.1 Å². The molecule has 0 aliphatic carbocycles. The van der Waals surface area contributed by atoms with E-state index >= 15 is 0 Å². The average molecular weight is 349 g/mol. The van der Waals surface area contributed by atoms with Gasteiger partial charge in [0.05, 0.1) is 0 Å². The molecule has 0 bridgehead atoms. The Bertz CT molecular complexity index is 935. The molecule has 6 heteroatoms. The zero-order valence-corrected chi connectivity index (χ0v) is 14.7. The lowest BCUT2D eigenvalue weighted by Gasteiger charge is -2.40. The van der Waals surface area contributed by atoms with Crippen LogP contribution in [0.2, 0.25) is 0 Å². The molecule has 26 heavy (non-hydrogen) atoms. The summed E-state index contributed by atoms with van der Waals surface area (Å²) in [5.74, 6) is -0.342. The molecule has 1 atom stereocenters. The first-order valence-corrected chi connectivity index (χ1v) is 8.54. The lowest BCUT2D eigenvalue weighted by Crippen LogP contribution is -2.51. The van der Waals surface area contributed by atoms with Gasteiger partial charge in [-0.2, -0.15) is 0 Å². The fraction of sp³-hybridized carbons (Fsp3) is 0.250. The minimum Gasteiger partial charge on any atom is -0.326 e. The number of rotatable bonds is 2. The summed E-state index contributed by atoms with van der Waals surface area (Å²) in [4.78, 5) is 40.4. The Morgan fingerprint density at radius 2 is 1.81 bits per heavy atom. The molecule has 0 radical (unpaired) electrons. The third kappa shape index (κ3) is 2.08. The molecule has 2 aromatic carbocycles. The van der Waals surface area contributed by atoms with Crippen LogP contribution in [0.15, 0.2) is 48.5 Å². The van der Waals surface area contributed by atoms with Crippen molar-refractivity contribution in [3.8, 4) is 0 Å². The van der Waals surface area contributed by atoms with E-state index in [1.807, 2.05) is 36.4 Å². The lowest BCUT2D eigenvalue weighted by molar-refractivity contribution is -0.134. The first-order valence-electron chi connectivity index (χ1n) is 8.54. The van der Waals surface area contributed by atoms with Crippen molar-refractivity contribution in [3.63, 3.8) is 0 Å². The molecule has 1 N–H and O–H groups in total. The van der Waals surface area contributed by atoms with Crippen LogP contribution >= 0.6 is 0 Å². The van der Waals surface area contributed by atoms with Crippen molar-refractivity contribution < 1.29 is 14.4 Å². The molecule has 0 aromatic heterocycles. The number of carbonyl (C=O) groups excluding carboxylic acids is 3. The fourth-order valence-electron chi connectivity index (χ4n) is 4.20. The molecule has 0 saturated carbocycles. The molecule has 132 valence electrons. The van der Waals surface area contributed by atoms with Crippen molar-refractivity contribution in [1.82, 2.24) is 9.80 Å². The number of carbonyl (C=O) groups is 3. The highest BCUT2D eigenvalue weighted by molar-refractivity contribution is 6.02. The van der Waals surface area contributed by atoms with Gasteiger partial charge >= 0.3 is 0 Å². The van der Waals surface area contributed by atoms with Crippen LogP contribution in [0.25, 0.3) is 0 Å². The van der Waals surface area contributed by atoms with Crippen molar-refractivity contribution in [2.24, 2.45) is 0 Å². The predicted molar refractivity (Wildman–Crippen MR) is 96.4 cm³/mol. The third-order valence-electron chi connectivity index (χ3n) is 5.07. The molecule has 3 amide bonds. The van der Waals surface area contributed by atoms with Crippen molar-refractivity contribution in [2.45, 2.75) is 19.5 Å². The fourth-order valence-corrected chi connectivity index (χ4v) is 4.20. The summed E-state index contributed by atoms with van der Waals surface area (Å²) in [5.41, 5.74) is 1.88. The second-order valence-corrected chi connectivity index (χ2v) is 6.61. The largest absolute Gasteiger partial charge is 0.326 e. The Labute approximate surface area is 151 Å². The van der Waals surface area contributed by atoms with E-state index in [0.717, 1.165) is 11.1 Å². The van der Waals surface area contributed by atoms with Crippen molar-refractivity contribution in [1.29, 1.82) is 0 Å². The Morgan fingerprint density at radius 1 is 1.04 bits per heavy atom. The molecule has 1 fully saturated rings. The lowest BCUT2D eigenvalue weighted by atomic mass is 9.89. The van der Waals surface area contributed by atoms with E-state index in [2.05, 4.69) is 5.32 Å². The zero-order chi connectivity index (χ0) is 18.5. The first-order chi connectivity index (χ1) is 12.5. The Hall–Kier alpha value is -3.15. The minimum atomic E-state index is -0.964. The maximum absolute atomic E-state index is 13.0. The molecule has 2 aromatic rings. The molecule has 2 aliphatic heterocycles. The summed E-state index contributed by atoms with van der Waals surface area (Å²) < 4.78 is 0. The van der Waals surface area contributed by atoms with Crippen LogP contribution in [0.4, 0.5) is 5.69 Å². The number of nitrogens with zero attached hydrogens (tertiary/aromatic N) is 2. The van der Waals surface area contributed by atoms with Crippen LogP contribution < -0.4 is 5.32 Å². The summed E-state index contributed by atoms with van der Waals surface area (Å²) in [6, 6.07) is 14.8. The average Bonchev–Trinajstić information content (AvgIpc) is 3.11. The smallest absolute Gasteiger partial charge is 0.256 e. The Morgan fingerprint density at radius 3 is 2.54 bits per heavy atom. The van der Waals surface area contributed by atoms with Crippen LogP contribution in [0.1, 0.15) is 35.3 Å². The summed E-state index contributed by atoms with van der Waals surface area (Å²) in [6.45, 7) is 3.91. The molecule has 2 heterocycles. The number of nitrogens with one attached hydrogen (secondary N) is 1. The van der Waals surface area contributed by atoms with Crippen molar-refractivity contribution in [2.75, 3.05) is 18.4 Å². The second kappa shape index (κ2) is 5.69. The topological polar surface area (TPSA) is 69.7 Å². The maximum Gasteiger partial charge on any atom is 0.256 e. The van der Waals surface area contributed by atoms with Gasteiger partial charge in [0.25, 0.3) is 5.91 Å². The van der Waals surface area contributed by atoms with Gasteiger partial charge in [-0.05, 0) is 18.2 Å². The quantitative estimate of drug-likeness (QED) is 0.903. The summed E-state index contributed by atoms with van der Waals surface area (Å²) in [6.07, 6.45) is 0. The third-order valence-corrected chi connectivity index (χ3v) is 5.07. The van der Waals surface area contributed by atoms with Gasteiger partial charge in [-0.15, -0.1) is 0 Å². The van der Waals surface area contributed by atoms with E-state index < -0.39 is 5.66 Å². The summed E-state index contributed by atoms with van der Waals surface area (Å²) in [5, 5.41) is 2.78. The van der Waals surface area contributed by atoms with Crippen molar-refractivity contribution >= 4 is 23.4 Å². The molecule has 4 rings (SSSR count). The molecule has 2 aliphatic rings.